The molecule has 0 radical (unpaired) electrons. The fraction of sp³-hybridized carbons (Fsp3) is 0.529. The van der Waals surface area contributed by atoms with E-state index in [2.05, 4.69) is 10.0 Å². The number of sulfonamides is 1. The monoisotopic (exact) mass is 386 g/mol. The van der Waals surface area contributed by atoms with Crippen LogP contribution in [0.25, 0.3) is 0 Å². The number of carbonyl (C=O) groups excluding carboxylic acids is 1. The summed E-state index contributed by atoms with van der Waals surface area (Å²) in [6, 6.07) is 5.42. The summed E-state index contributed by atoms with van der Waals surface area (Å²) < 4.78 is 32.3. The largest absolute Gasteiger partial charge is 0.480 e. The molecule has 146 valence electrons. The molecule has 0 aromatic heterocycles. The number of ether oxygens (including phenoxy) is 1. The number of hydrogen-bond acceptors (Lipinski definition) is 5. The Morgan fingerprint density at radius 3 is 2.35 bits per heavy atom. The van der Waals surface area contributed by atoms with Crippen LogP contribution in [-0.2, 0) is 24.3 Å². The van der Waals surface area contributed by atoms with Gasteiger partial charge in [0.2, 0.25) is 15.9 Å². The van der Waals surface area contributed by atoms with Crippen LogP contribution < -0.4 is 10.0 Å². The van der Waals surface area contributed by atoms with E-state index in [1.54, 1.807) is 12.1 Å². The van der Waals surface area contributed by atoms with Gasteiger partial charge in [-0.15, -0.1) is 0 Å². The van der Waals surface area contributed by atoms with Gasteiger partial charge in [0.05, 0.1) is 11.5 Å². The molecule has 9 heteroatoms. The molecule has 3 N–H and O–H groups in total. The average Bonchev–Trinajstić information content (AvgIpc) is 2.53. The number of aryl methyl sites for hydroxylation is 1. The zero-order valence-electron chi connectivity index (χ0n) is 15.2. The summed E-state index contributed by atoms with van der Waals surface area (Å²) in [5.74, 6) is -1.48. The number of carbonyl (C=O) groups is 2. The second-order valence-corrected chi connectivity index (χ2v) is 8.07. The van der Waals surface area contributed by atoms with Crippen LogP contribution in [0.5, 0.6) is 0 Å². The summed E-state index contributed by atoms with van der Waals surface area (Å²) in [5, 5.41) is 11.0. The fourth-order valence-electron chi connectivity index (χ4n) is 2.18. The minimum Gasteiger partial charge on any atom is -0.480 e. The molecule has 1 unspecified atom stereocenters. The normalized spacial score (nSPS) is 12.8. The lowest BCUT2D eigenvalue weighted by Gasteiger charge is -2.20. The highest BCUT2D eigenvalue weighted by Gasteiger charge is 2.26. The molecule has 0 aliphatic heterocycles. The van der Waals surface area contributed by atoms with Crippen molar-refractivity contribution in [2.45, 2.75) is 38.1 Å². The van der Waals surface area contributed by atoms with Gasteiger partial charge in [0.25, 0.3) is 0 Å². The lowest BCUT2D eigenvalue weighted by Crippen LogP contribution is -2.48. The number of carboxylic acids is 1. The Kier molecular flexibility index (Phi) is 8.70. The topological polar surface area (TPSA) is 122 Å². The first kappa shape index (κ1) is 22.1. The first-order valence-electron chi connectivity index (χ1n) is 8.28. The Morgan fingerprint density at radius 2 is 1.81 bits per heavy atom. The first-order chi connectivity index (χ1) is 12.1. The van der Waals surface area contributed by atoms with Crippen molar-refractivity contribution in [3.8, 4) is 0 Å². The molecule has 0 spiro atoms. The maximum absolute atomic E-state index is 12.5. The molecular weight excluding hydrogens is 360 g/mol. The summed E-state index contributed by atoms with van der Waals surface area (Å²) in [5.41, 5.74) is 0.932. The summed E-state index contributed by atoms with van der Waals surface area (Å²) in [6.45, 7) is 5.29. The molecule has 1 aromatic carbocycles. The number of aliphatic carboxylic acids is 1. The number of rotatable bonds is 11. The van der Waals surface area contributed by atoms with Gasteiger partial charge < -0.3 is 15.2 Å². The van der Waals surface area contributed by atoms with Crippen LogP contribution in [0, 0.1) is 12.8 Å². The molecular formula is C17H26N2O6S. The molecule has 1 amide bonds. The van der Waals surface area contributed by atoms with Crippen molar-refractivity contribution >= 4 is 21.9 Å². The molecule has 0 fully saturated rings. The van der Waals surface area contributed by atoms with Crippen LogP contribution in [-0.4, -0.2) is 51.2 Å². The van der Waals surface area contributed by atoms with Crippen molar-refractivity contribution < 1.29 is 27.9 Å². The first-order valence-corrected chi connectivity index (χ1v) is 9.76. The Hall–Kier alpha value is -1.97. The van der Waals surface area contributed by atoms with Gasteiger partial charge in [0, 0.05) is 6.54 Å². The molecule has 26 heavy (non-hydrogen) atoms. The highest BCUT2D eigenvalue weighted by atomic mass is 32.2. The second-order valence-electron chi connectivity index (χ2n) is 6.35. The molecule has 0 heterocycles. The average molecular weight is 386 g/mol. The molecule has 1 rings (SSSR count). The van der Waals surface area contributed by atoms with Crippen molar-refractivity contribution in [1.82, 2.24) is 10.0 Å². The number of hydrogen-bond donors (Lipinski definition) is 3. The van der Waals surface area contributed by atoms with Gasteiger partial charge in [-0.3, -0.25) is 4.79 Å². The van der Waals surface area contributed by atoms with Crippen LogP contribution >= 0.6 is 0 Å². The summed E-state index contributed by atoms with van der Waals surface area (Å²) >= 11 is 0. The van der Waals surface area contributed by atoms with E-state index in [0.29, 0.717) is 6.42 Å². The highest BCUT2D eigenvalue weighted by Crippen LogP contribution is 2.13. The van der Waals surface area contributed by atoms with Gasteiger partial charge in [-0.1, -0.05) is 31.5 Å². The van der Waals surface area contributed by atoms with Gasteiger partial charge in [-0.2, -0.15) is 4.72 Å². The molecule has 8 nitrogen and oxygen atoms in total. The van der Waals surface area contributed by atoms with Gasteiger partial charge >= 0.3 is 5.97 Å². The zero-order valence-corrected chi connectivity index (χ0v) is 16.0. The quantitative estimate of drug-likeness (QED) is 0.486. The molecule has 0 aliphatic rings. The molecule has 1 aromatic rings. The second kappa shape index (κ2) is 10.2. The number of amides is 1. The smallest absolute Gasteiger partial charge is 0.329 e. The van der Waals surface area contributed by atoms with E-state index < -0.39 is 34.5 Å². The number of benzene rings is 1. The third kappa shape index (κ3) is 7.94. The van der Waals surface area contributed by atoms with E-state index in [-0.39, 0.29) is 24.0 Å². The van der Waals surface area contributed by atoms with E-state index in [4.69, 9.17) is 9.84 Å². The Bertz CT molecular complexity index is 700. The van der Waals surface area contributed by atoms with E-state index in [1.807, 2.05) is 20.8 Å². The highest BCUT2D eigenvalue weighted by molar-refractivity contribution is 7.89. The third-order valence-electron chi connectivity index (χ3n) is 3.42. The number of carboxylic acid groups (broad SMARTS) is 1. The minimum absolute atomic E-state index is 0.0250. The maximum atomic E-state index is 12.5. The predicted molar refractivity (Wildman–Crippen MR) is 96.2 cm³/mol. The van der Waals surface area contributed by atoms with Gasteiger partial charge in [0.15, 0.2) is 0 Å². The lowest BCUT2D eigenvalue weighted by atomic mass is 10.0. The van der Waals surface area contributed by atoms with Crippen LogP contribution in [0.1, 0.15) is 25.8 Å². The fourth-order valence-corrected chi connectivity index (χ4v) is 3.39. The molecule has 0 bridgehead atoms. The van der Waals surface area contributed by atoms with Crippen molar-refractivity contribution in [3.63, 3.8) is 0 Å². The summed E-state index contributed by atoms with van der Waals surface area (Å²) in [7, 11) is -3.83. The van der Waals surface area contributed by atoms with Crippen LogP contribution in [0.15, 0.2) is 29.2 Å². The van der Waals surface area contributed by atoms with Crippen molar-refractivity contribution in [3.05, 3.63) is 29.8 Å². The van der Waals surface area contributed by atoms with Gasteiger partial charge in [0.1, 0.15) is 12.6 Å². The third-order valence-corrected chi connectivity index (χ3v) is 4.91. The Balaban J connectivity index is 2.71. The van der Waals surface area contributed by atoms with Crippen molar-refractivity contribution in [2.24, 2.45) is 5.92 Å². The van der Waals surface area contributed by atoms with E-state index in [1.165, 1.54) is 12.1 Å². The van der Waals surface area contributed by atoms with Gasteiger partial charge in [-0.25, -0.2) is 13.2 Å². The molecule has 0 saturated carbocycles. The SMILES string of the molecule is Cc1ccc(S(=O)(=O)NC(CC(C)C)C(=O)NCCOCC(=O)O)cc1. The van der Waals surface area contributed by atoms with Crippen LogP contribution in [0.3, 0.4) is 0 Å². The maximum Gasteiger partial charge on any atom is 0.329 e. The van der Waals surface area contributed by atoms with E-state index in [9.17, 15) is 18.0 Å². The molecule has 1 atom stereocenters. The standard InChI is InChI=1S/C17H26N2O6S/c1-12(2)10-15(17(22)18-8-9-25-11-16(20)21)19-26(23,24)14-6-4-13(3)5-7-14/h4-7,12,15,19H,8-11H2,1-3H3,(H,18,22)(H,20,21). The zero-order chi connectivity index (χ0) is 19.7. The van der Waals surface area contributed by atoms with Crippen LogP contribution in [0.4, 0.5) is 0 Å². The van der Waals surface area contributed by atoms with Crippen LogP contribution in [0.2, 0.25) is 0 Å². The van der Waals surface area contributed by atoms with Gasteiger partial charge in [-0.05, 0) is 31.4 Å². The number of nitrogens with one attached hydrogen (secondary N) is 2. The van der Waals surface area contributed by atoms with E-state index in [0.717, 1.165) is 5.56 Å². The minimum atomic E-state index is -3.83. The predicted octanol–water partition coefficient (Wildman–Crippen LogP) is 0.905. The van der Waals surface area contributed by atoms with E-state index >= 15 is 0 Å². The molecule has 0 saturated heterocycles. The Labute approximate surface area is 154 Å². The summed E-state index contributed by atoms with van der Waals surface area (Å²) in [6.07, 6.45) is 0.326. The summed E-state index contributed by atoms with van der Waals surface area (Å²) in [4.78, 5) is 22.8. The lowest BCUT2D eigenvalue weighted by molar-refractivity contribution is -0.142. The van der Waals surface area contributed by atoms with Crippen molar-refractivity contribution in [2.75, 3.05) is 19.8 Å². The van der Waals surface area contributed by atoms with Crippen molar-refractivity contribution in [1.29, 1.82) is 0 Å². The molecule has 0 aliphatic carbocycles. The Morgan fingerprint density at radius 1 is 1.19 bits per heavy atom.